The molecule has 0 fully saturated rings. The molecule has 0 aliphatic heterocycles. The van der Waals surface area contributed by atoms with Gasteiger partial charge in [-0.25, -0.2) is 4.79 Å². The van der Waals surface area contributed by atoms with E-state index in [2.05, 4.69) is 0 Å². The number of ether oxygens (including phenoxy) is 1. The number of aryl methyl sites for hydroxylation is 2. The van der Waals surface area contributed by atoms with Crippen LogP contribution in [-0.2, 0) is 11.3 Å². The first-order valence-corrected chi connectivity index (χ1v) is 5.30. The van der Waals surface area contributed by atoms with Crippen molar-refractivity contribution in [2.24, 2.45) is 0 Å². The quantitative estimate of drug-likeness (QED) is 0.887. The summed E-state index contributed by atoms with van der Waals surface area (Å²) in [5, 5.41) is 9.92. The van der Waals surface area contributed by atoms with Gasteiger partial charge in [-0.2, -0.15) is 0 Å². The number of methoxy groups -OCH3 is 1. The van der Waals surface area contributed by atoms with Crippen LogP contribution in [-0.4, -0.2) is 18.2 Å². The summed E-state index contributed by atoms with van der Waals surface area (Å²) in [4.78, 5) is 11.1. The zero-order chi connectivity index (χ0) is 12.6. The van der Waals surface area contributed by atoms with E-state index in [0.29, 0.717) is 11.1 Å². The zero-order valence-electron chi connectivity index (χ0n) is 10.0. The molecule has 90 valence electrons. The largest absolute Gasteiger partial charge is 0.475 e. The van der Waals surface area contributed by atoms with Crippen LogP contribution >= 0.6 is 0 Å². The van der Waals surface area contributed by atoms with Crippen molar-refractivity contribution in [1.29, 1.82) is 0 Å². The molecule has 1 heterocycles. The van der Waals surface area contributed by atoms with Crippen LogP contribution in [0.2, 0.25) is 0 Å². The molecule has 0 saturated heterocycles. The Morgan fingerprint density at radius 1 is 1.41 bits per heavy atom. The first-order chi connectivity index (χ1) is 8.06. The Bertz CT molecular complexity index is 581. The lowest BCUT2D eigenvalue weighted by Gasteiger charge is -2.00. The van der Waals surface area contributed by atoms with Crippen LogP contribution in [0.25, 0.3) is 11.0 Å². The van der Waals surface area contributed by atoms with Crippen LogP contribution in [0.15, 0.2) is 16.5 Å². The number of aromatic carboxylic acids is 1. The molecule has 1 N–H and O–H groups in total. The van der Waals surface area contributed by atoms with Crippen LogP contribution < -0.4 is 0 Å². The Hall–Kier alpha value is -1.81. The summed E-state index contributed by atoms with van der Waals surface area (Å²) >= 11 is 0. The molecule has 2 aromatic rings. The minimum absolute atomic E-state index is 0.0319. The van der Waals surface area contributed by atoms with E-state index in [1.165, 1.54) is 7.11 Å². The van der Waals surface area contributed by atoms with E-state index in [9.17, 15) is 4.79 Å². The van der Waals surface area contributed by atoms with Crippen LogP contribution in [0.5, 0.6) is 0 Å². The third-order valence-corrected chi connectivity index (χ3v) is 2.96. The fourth-order valence-corrected chi connectivity index (χ4v) is 1.91. The first kappa shape index (κ1) is 11.7. The number of fused-ring (bicyclic) bond motifs is 1. The average molecular weight is 234 g/mol. The smallest absolute Gasteiger partial charge is 0.372 e. The lowest BCUT2D eigenvalue weighted by Crippen LogP contribution is -1.99. The van der Waals surface area contributed by atoms with Crippen molar-refractivity contribution in [3.8, 4) is 0 Å². The first-order valence-electron chi connectivity index (χ1n) is 5.30. The van der Waals surface area contributed by atoms with E-state index in [-0.39, 0.29) is 12.4 Å². The topological polar surface area (TPSA) is 59.7 Å². The Morgan fingerprint density at radius 3 is 2.71 bits per heavy atom. The number of carbonyl (C=O) groups is 1. The van der Waals surface area contributed by atoms with Crippen molar-refractivity contribution >= 4 is 16.9 Å². The maximum absolute atomic E-state index is 11.1. The van der Waals surface area contributed by atoms with Gasteiger partial charge in [-0.3, -0.25) is 0 Å². The summed E-state index contributed by atoms with van der Waals surface area (Å²) in [5.74, 6) is -1.10. The summed E-state index contributed by atoms with van der Waals surface area (Å²) in [7, 11) is 1.53. The second-order valence-corrected chi connectivity index (χ2v) is 4.03. The lowest BCUT2D eigenvalue weighted by atomic mass is 10.0. The van der Waals surface area contributed by atoms with Crippen LogP contribution in [0, 0.1) is 13.8 Å². The molecule has 1 aromatic carbocycles. The van der Waals surface area contributed by atoms with Gasteiger partial charge in [-0.15, -0.1) is 0 Å². The molecule has 0 radical (unpaired) electrons. The molecule has 17 heavy (non-hydrogen) atoms. The highest BCUT2D eigenvalue weighted by molar-refractivity contribution is 5.96. The van der Waals surface area contributed by atoms with Crippen LogP contribution in [0.4, 0.5) is 0 Å². The molecule has 0 aliphatic carbocycles. The molecule has 4 heteroatoms. The SMILES string of the molecule is COCc1c(C(=O)O)oc2c(C)c(C)ccc12. The van der Waals surface area contributed by atoms with Gasteiger partial charge < -0.3 is 14.3 Å². The standard InChI is InChI=1S/C13H14O4/c1-7-4-5-9-10(6-16-3)12(13(14)15)17-11(9)8(7)2/h4-5H,6H2,1-3H3,(H,14,15). The molecule has 2 rings (SSSR count). The summed E-state index contributed by atoms with van der Waals surface area (Å²) in [6.45, 7) is 4.12. The van der Waals surface area contributed by atoms with Gasteiger partial charge in [0.2, 0.25) is 5.76 Å². The predicted octanol–water partition coefficient (Wildman–Crippen LogP) is 2.89. The predicted molar refractivity (Wildman–Crippen MR) is 63.4 cm³/mol. The van der Waals surface area contributed by atoms with Gasteiger partial charge in [0.25, 0.3) is 0 Å². The van der Waals surface area contributed by atoms with Gasteiger partial charge in [0.1, 0.15) is 5.58 Å². The van der Waals surface area contributed by atoms with Crippen molar-refractivity contribution in [2.45, 2.75) is 20.5 Å². The highest BCUT2D eigenvalue weighted by Gasteiger charge is 2.21. The maximum atomic E-state index is 11.1. The Kier molecular flexibility index (Phi) is 2.90. The molecule has 0 amide bonds. The van der Waals surface area contributed by atoms with Gasteiger partial charge in [0.15, 0.2) is 0 Å². The van der Waals surface area contributed by atoms with Gasteiger partial charge in [-0.1, -0.05) is 12.1 Å². The summed E-state index contributed by atoms with van der Waals surface area (Å²) in [6.07, 6.45) is 0. The fraction of sp³-hybridized carbons (Fsp3) is 0.308. The minimum Gasteiger partial charge on any atom is -0.475 e. The zero-order valence-corrected chi connectivity index (χ0v) is 10.0. The number of furan rings is 1. The molecule has 0 spiro atoms. The number of rotatable bonds is 3. The highest BCUT2D eigenvalue weighted by atomic mass is 16.5. The number of hydrogen-bond acceptors (Lipinski definition) is 3. The number of carboxylic acids is 1. The van der Waals surface area contributed by atoms with E-state index >= 15 is 0 Å². The molecule has 0 unspecified atom stereocenters. The molecular formula is C13H14O4. The molecular weight excluding hydrogens is 220 g/mol. The van der Waals surface area contributed by atoms with Gasteiger partial charge in [0, 0.05) is 18.1 Å². The maximum Gasteiger partial charge on any atom is 0.372 e. The second-order valence-electron chi connectivity index (χ2n) is 4.03. The van der Waals surface area contributed by atoms with Crippen molar-refractivity contribution in [1.82, 2.24) is 0 Å². The third-order valence-electron chi connectivity index (χ3n) is 2.96. The highest BCUT2D eigenvalue weighted by Crippen LogP contribution is 2.30. The van der Waals surface area contributed by atoms with Crippen molar-refractivity contribution < 1.29 is 19.1 Å². The van der Waals surface area contributed by atoms with Crippen molar-refractivity contribution in [2.75, 3.05) is 7.11 Å². The minimum atomic E-state index is -1.06. The fourth-order valence-electron chi connectivity index (χ4n) is 1.91. The van der Waals surface area contributed by atoms with E-state index in [4.69, 9.17) is 14.3 Å². The summed E-state index contributed by atoms with van der Waals surface area (Å²) in [6, 6.07) is 3.83. The normalized spacial score (nSPS) is 11.0. The summed E-state index contributed by atoms with van der Waals surface area (Å²) < 4.78 is 10.5. The Morgan fingerprint density at radius 2 is 2.12 bits per heavy atom. The molecule has 1 aromatic heterocycles. The molecule has 0 atom stereocenters. The Balaban J connectivity index is 2.79. The van der Waals surface area contributed by atoms with Crippen molar-refractivity contribution in [3.63, 3.8) is 0 Å². The molecule has 0 aliphatic rings. The average Bonchev–Trinajstić information content (AvgIpc) is 2.64. The second kappa shape index (κ2) is 4.22. The summed E-state index contributed by atoms with van der Waals surface area (Å²) in [5.41, 5.74) is 3.27. The number of benzene rings is 1. The third kappa shape index (κ3) is 1.80. The number of carboxylic acid groups (broad SMARTS) is 1. The molecule has 0 bridgehead atoms. The van der Waals surface area contributed by atoms with E-state index < -0.39 is 5.97 Å². The van der Waals surface area contributed by atoms with E-state index in [1.54, 1.807) is 0 Å². The molecule has 4 nitrogen and oxygen atoms in total. The van der Waals surface area contributed by atoms with Gasteiger partial charge in [-0.05, 0) is 25.0 Å². The van der Waals surface area contributed by atoms with E-state index in [1.807, 2.05) is 26.0 Å². The van der Waals surface area contributed by atoms with Crippen LogP contribution in [0.3, 0.4) is 0 Å². The monoisotopic (exact) mass is 234 g/mol. The van der Waals surface area contributed by atoms with E-state index in [0.717, 1.165) is 16.5 Å². The number of hydrogen-bond donors (Lipinski definition) is 1. The van der Waals surface area contributed by atoms with Crippen LogP contribution in [0.1, 0.15) is 27.2 Å². The van der Waals surface area contributed by atoms with Crippen molar-refractivity contribution in [3.05, 3.63) is 34.6 Å². The van der Waals surface area contributed by atoms with Gasteiger partial charge >= 0.3 is 5.97 Å². The Labute approximate surface area is 98.8 Å². The van der Waals surface area contributed by atoms with Gasteiger partial charge in [0.05, 0.1) is 6.61 Å². The lowest BCUT2D eigenvalue weighted by molar-refractivity contribution is 0.0658. The molecule has 0 saturated carbocycles.